The summed E-state index contributed by atoms with van der Waals surface area (Å²) in [5.74, 6) is 0. The van der Waals surface area contributed by atoms with Crippen LogP contribution in [0.2, 0.25) is 0 Å². The Morgan fingerprint density at radius 3 is 1.13 bits per heavy atom. The Morgan fingerprint density at radius 2 is 0.744 bits per heavy atom. The van der Waals surface area contributed by atoms with E-state index in [1.807, 2.05) is 0 Å². The minimum absolute atomic E-state index is 0.905. The molecule has 0 radical (unpaired) electrons. The summed E-state index contributed by atoms with van der Waals surface area (Å²) in [4.78, 5) is 0. The van der Waals surface area contributed by atoms with Crippen molar-refractivity contribution in [1.82, 2.24) is 26.2 Å². The Bertz CT molecular complexity index is 1590. The molecule has 39 heavy (non-hydrogen) atoms. The quantitative estimate of drug-likeness (QED) is 0.136. The van der Waals surface area contributed by atoms with Gasteiger partial charge < -0.3 is 0 Å². The molecule has 0 amide bonds. The molecule has 0 aliphatic heterocycles. The molecule has 0 bridgehead atoms. The molecule has 6 rings (SSSR count). The molecule has 3 aromatic carbocycles. The van der Waals surface area contributed by atoms with E-state index >= 15 is 0 Å². The topological polar surface area (TPSA) is 77.3 Å². The molecule has 0 atom stereocenters. The first kappa shape index (κ1) is 26.3. The average Bonchev–Trinajstić information content (AvgIpc) is 3.74. The van der Waals surface area contributed by atoms with Crippen molar-refractivity contribution < 1.29 is 0 Å². The van der Waals surface area contributed by atoms with Crippen LogP contribution in [0.1, 0.15) is 76.3 Å². The molecular weight excluding hydrogens is 541 g/mol. The molecule has 3 heterocycles. The van der Waals surface area contributed by atoms with Crippen molar-refractivity contribution in [3.05, 3.63) is 47.5 Å². The highest BCUT2D eigenvalue weighted by atomic mass is 32.1. The van der Waals surface area contributed by atoms with Crippen LogP contribution >= 0.6 is 35.2 Å². The van der Waals surface area contributed by atoms with Crippen molar-refractivity contribution in [2.24, 2.45) is 0 Å². The second-order valence-corrected chi connectivity index (χ2v) is 11.8. The molecule has 6 aromatic rings. The first-order valence-electron chi connectivity index (χ1n) is 14.0. The molecule has 6 nitrogen and oxygen atoms in total. The van der Waals surface area contributed by atoms with E-state index in [9.17, 15) is 0 Å². The number of rotatable bonds is 12. The Balaban J connectivity index is 1.37. The number of fused-ring (bicyclic) bond motifs is 3. The first-order chi connectivity index (χ1) is 19.3. The van der Waals surface area contributed by atoms with Crippen molar-refractivity contribution in [2.75, 3.05) is 0 Å². The smallest absolute Gasteiger partial charge is 0.113 e. The van der Waals surface area contributed by atoms with Crippen LogP contribution in [0.15, 0.2) is 36.4 Å². The lowest BCUT2D eigenvalue weighted by Gasteiger charge is -2.10. The van der Waals surface area contributed by atoms with E-state index < -0.39 is 0 Å². The van der Waals surface area contributed by atoms with E-state index in [2.05, 4.69) is 59.0 Å². The average molecular weight is 573 g/mol. The minimum Gasteiger partial charge on any atom is -0.173 e. The van der Waals surface area contributed by atoms with Crippen molar-refractivity contribution in [3.63, 3.8) is 0 Å². The van der Waals surface area contributed by atoms with E-state index in [-0.39, 0.29) is 0 Å². The summed E-state index contributed by atoms with van der Waals surface area (Å²) < 4.78 is 28.3. The van der Waals surface area contributed by atoms with Gasteiger partial charge in [0.25, 0.3) is 0 Å². The number of hydrogen-bond acceptors (Lipinski definition) is 9. The third-order valence-corrected chi connectivity index (χ3v) is 9.18. The molecule has 0 unspecified atom stereocenters. The fourth-order valence-electron chi connectivity index (χ4n) is 5.46. The lowest BCUT2D eigenvalue weighted by atomic mass is 9.94. The molecule has 9 heteroatoms. The van der Waals surface area contributed by atoms with Gasteiger partial charge in [0, 0.05) is 22.3 Å². The number of nitrogens with zero attached hydrogens (tertiary/aromatic N) is 6. The molecule has 0 aliphatic carbocycles. The first-order valence-corrected chi connectivity index (χ1v) is 16.2. The fourth-order valence-corrected chi connectivity index (χ4v) is 7.22. The molecule has 0 spiro atoms. The monoisotopic (exact) mass is 572 g/mol. The Morgan fingerprint density at radius 1 is 0.410 bits per heavy atom. The number of hydrogen-bond donors (Lipinski definition) is 0. The van der Waals surface area contributed by atoms with Gasteiger partial charge in [-0.1, -0.05) is 88.8 Å². The predicted molar refractivity (Wildman–Crippen MR) is 166 cm³/mol. The summed E-state index contributed by atoms with van der Waals surface area (Å²) in [6.07, 6.45) is 12.0. The van der Waals surface area contributed by atoms with Gasteiger partial charge in [0.2, 0.25) is 0 Å². The van der Waals surface area contributed by atoms with Crippen LogP contribution < -0.4 is 0 Å². The molecule has 0 saturated heterocycles. The van der Waals surface area contributed by atoms with Gasteiger partial charge in [-0.15, -0.1) is 0 Å². The third kappa shape index (κ3) is 5.19. The van der Waals surface area contributed by atoms with Gasteiger partial charge in [0.15, 0.2) is 0 Å². The van der Waals surface area contributed by atoms with Gasteiger partial charge in [-0.05, 0) is 36.8 Å². The number of benzene rings is 3. The van der Waals surface area contributed by atoms with Crippen LogP contribution in [-0.4, -0.2) is 26.2 Å². The van der Waals surface area contributed by atoms with E-state index in [1.54, 1.807) is 0 Å². The van der Waals surface area contributed by atoms with E-state index in [0.717, 1.165) is 68.2 Å². The fraction of sp³-hybridized carbons (Fsp3) is 0.400. The highest BCUT2D eigenvalue weighted by Crippen LogP contribution is 2.40. The van der Waals surface area contributed by atoms with Crippen LogP contribution in [0.4, 0.5) is 0 Å². The minimum atomic E-state index is 0.905. The van der Waals surface area contributed by atoms with Crippen molar-refractivity contribution in [1.29, 1.82) is 0 Å². The maximum atomic E-state index is 4.76. The number of aryl methyl sites for hydroxylation is 2. The highest BCUT2D eigenvalue weighted by Gasteiger charge is 2.20. The van der Waals surface area contributed by atoms with E-state index in [1.165, 1.54) is 97.7 Å². The number of unbranched alkanes of at least 4 members (excludes halogenated alkanes) is 6. The second-order valence-electron chi connectivity index (χ2n) is 10.2. The lowest BCUT2D eigenvalue weighted by Crippen LogP contribution is -1.93. The predicted octanol–water partition coefficient (Wildman–Crippen LogP) is 9.28. The van der Waals surface area contributed by atoms with Gasteiger partial charge in [-0.25, -0.2) is 0 Å². The molecule has 0 fully saturated rings. The zero-order valence-electron chi connectivity index (χ0n) is 22.4. The van der Waals surface area contributed by atoms with Gasteiger partial charge in [0.1, 0.15) is 33.1 Å². The standard InChI is InChI=1S/C30H32N6S3/c1-3-5-7-9-11-19-13-15-21(27-25(19)31-37-33-27)23-17-18-24(30-29(23)35-39-36-30)22-16-14-20(12-10-8-6-4-2)26-28(22)34-38-32-26/h13-18H,3-12H2,1-2H3. The normalized spacial score (nSPS) is 11.8. The molecule has 0 saturated carbocycles. The van der Waals surface area contributed by atoms with Crippen LogP contribution in [0.5, 0.6) is 0 Å². The Hall–Kier alpha value is -2.88. The van der Waals surface area contributed by atoms with Gasteiger partial charge >= 0.3 is 0 Å². The SMILES string of the molecule is CCCCCCc1ccc(-c2ccc(-c3ccc(CCCCCC)c4nsnc34)c3nsnc23)c2nsnc12. The number of aromatic nitrogens is 6. The van der Waals surface area contributed by atoms with Crippen LogP contribution in [0.3, 0.4) is 0 Å². The van der Waals surface area contributed by atoms with Crippen LogP contribution in [-0.2, 0) is 12.8 Å². The Kier molecular flexibility index (Phi) is 8.18. The van der Waals surface area contributed by atoms with Crippen molar-refractivity contribution in [3.8, 4) is 22.3 Å². The molecule has 3 aromatic heterocycles. The maximum absolute atomic E-state index is 4.76. The molecule has 200 valence electrons. The van der Waals surface area contributed by atoms with Crippen molar-refractivity contribution >= 4 is 68.3 Å². The summed E-state index contributed by atoms with van der Waals surface area (Å²) in [6, 6.07) is 13.2. The Labute approximate surface area is 241 Å². The van der Waals surface area contributed by atoms with Gasteiger partial charge in [-0.3, -0.25) is 0 Å². The van der Waals surface area contributed by atoms with Crippen molar-refractivity contribution in [2.45, 2.75) is 78.1 Å². The molecule has 0 aliphatic rings. The molecular formula is C30H32N6S3. The van der Waals surface area contributed by atoms with Crippen LogP contribution in [0, 0.1) is 0 Å². The zero-order chi connectivity index (χ0) is 26.6. The highest BCUT2D eigenvalue weighted by molar-refractivity contribution is 7.00. The van der Waals surface area contributed by atoms with E-state index in [4.69, 9.17) is 17.5 Å². The molecule has 0 N–H and O–H groups in total. The summed E-state index contributed by atoms with van der Waals surface area (Å²) in [6.45, 7) is 4.50. The summed E-state index contributed by atoms with van der Waals surface area (Å²) in [7, 11) is 0. The summed E-state index contributed by atoms with van der Waals surface area (Å²) in [5, 5.41) is 0. The summed E-state index contributed by atoms with van der Waals surface area (Å²) in [5.41, 5.74) is 12.6. The second kappa shape index (κ2) is 12.1. The largest absolute Gasteiger partial charge is 0.173 e. The third-order valence-electron chi connectivity index (χ3n) is 7.59. The zero-order valence-corrected chi connectivity index (χ0v) is 24.9. The van der Waals surface area contributed by atoms with Crippen LogP contribution in [0.25, 0.3) is 55.4 Å². The van der Waals surface area contributed by atoms with Gasteiger partial charge in [-0.2, -0.15) is 26.2 Å². The lowest BCUT2D eigenvalue weighted by molar-refractivity contribution is 0.668. The van der Waals surface area contributed by atoms with Gasteiger partial charge in [0.05, 0.1) is 35.2 Å². The summed E-state index contributed by atoms with van der Waals surface area (Å²) >= 11 is 3.84. The van der Waals surface area contributed by atoms with E-state index in [0.29, 0.717) is 0 Å². The maximum Gasteiger partial charge on any atom is 0.113 e.